The number of carbonyl (C=O) groups is 1. The lowest BCUT2D eigenvalue weighted by Crippen LogP contribution is -2.43. The van der Waals surface area contributed by atoms with E-state index in [1.807, 2.05) is 6.07 Å². The van der Waals surface area contributed by atoms with E-state index in [-0.39, 0.29) is 16.8 Å². The predicted molar refractivity (Wildman–Crippen MR) is 132 cm³/mol. The van der Waals surface area contributed by atoms with Gasteiger partial charge in [0.2, 0.25) is 15.9 Å². The van der Waals surface area contributed by atoms with E-state index in [1.54, 1.807) is 12.1 Å². The van der Waals surface area contributed by atoms with Crippen LogP contribution in [0, 0.1) is 0 Å². The van der Waals surface area contributed by atoms with E-state index >= 15 is 0 Å². The first-order valence-corrected chi connectivity index (χ1v) is 14.1. The lowest BCUT2D eigenvalue weighted by Gasteiger charge is -2.33. The van der Waals surface area contributed by atoms with Crippen molar-refractivity contribution >= 4 is 27.0 Å². The van der Waals surface area contributed by atoms with Crippen molar-refractivity contribution in [2.24, 2.45) is 0 Å². The van der Waals surface area contributed by atoms with Crippen LogP contribution in [0.4, 0.5) is 0 Å². The van der Waals surface area contributed by atoms with Gasteiger partial charge in [0, 0.05) is 44.6 Å². The molecular formula is C25H38N4O4S. The summed E-state index contributed by atoms with van der Waals surface area (Å²) in [6.45, 7) is 8.65. The molecule has 9 heteroatoms. The van der Waals surface area contributed by atoms with E-state index in [0.717, 1.165) is 37.1 Å². The van der Waals surface area contributed by atoms with Gasteiger partial charge >= 0.3 is 0 Å². The van der Waals surface area contributed by atoms with E-state index in [1.165, 1.54) is 17.1 Å². The molecule has 34 heavy (non-hydrogen) atoms. The second-order valence-electron chi connectivity index (χ2n) is 9.68. The van der Waals surface area contributed by atoms with Gasteiger partial charge in [-0.25, -0.2) is 13.4 Å². The highest BCUT2D eigenvalue weighted by Crippen LogP contribution is 2.27. The molecule has 8 nitrogen and oxygen atoms in total. The molecule has 2 aromatic rings. The second kappa shape index (κ2) is 10.7. The van der Waals surface area contributed by atoms with Crippen molar-refractivity contribution < 1.29 is 17.9 Å². The molecule has 0 spiro atoms. The summed E-state index contributed by atoms with van der Waals surface area (Å²) in [4.78, 5) is 20.3. The molecule has 0 radical (unpaired) electrons. The second-order valence-corrected chi connectivity index (χ2v) is 11.6. The fourth-order valence-electron chi connectivity index (χ4n) is 5.36. The SMILES string of the molecule is CCCn1c(CCC(=O)N(C(C)C)C2CCCC2)nc2cc(S(=O)(=O)N3CCOCC3)ccc21. The number of hydrogen-bond donors (Lipinski definition) is 0. The summed E-state index contributed by atoms with van der Waals surface area (Å²) in [7, 11) is -3.58. The van der Waals surface area contributed by atoms with Crippen LogP contribution < -0.4 is 0 Å². The topological polar surface area (TPSA) is 84.7 Å². The van der Waals surface area contributed by atoms with Crippen molar-refractivity contribution in [3.05, 3.63) is 24.0 Å². The maximum Gasteiger partial charge on any atom is 0.243 e. The van der Waals surface area contributed by atoms with Crippen molar-refractivity contribution in [1.29, 1.82) is 0 Å². The number of sulfonamides is 1. The first-order chi connectivity index (χ1) is 16.3. The number of benzene rings is 1. The van der Waals surface area contributed by atoms with Crippen LogP contribution in [0.1, 0.15) is 65.1 Å². The molecule has 1 aliphatic carbocycles. The molecule has 4 rings (SSSR count). The van der Waals surface area contributed by atoms with E-state index in [0.29, 0.717) is 50.7 Å². The first kappa shape index (κ1) is 25.1. The Hall–Kier alpha value is -1.97. The van der Waals surface area contributed by atoms with Crippen LogP contribution >= 0.6 is 0 Å². The Balaban J connectivity index is 1.57. The largest absolute Gasteiger partial charge is 0.379 e. The minimum Gasteiger partial charge on any atom is -0.379 e. The number of morpholine rings is 1. The number of aryl methyl sites for hydroxylation is 2. The Bertz CT molecular complexity index is 1100. The lowest BCUT2D eigenvalue weighted by molar-refractivity contribution is -0.135. The molecule has 0 atom stereocenters. The number of fused-ring (bicyclic) bond motifs is 1. The third kappa shape index (κ3) is 5.16. The molecule has 1 saturated carbocycles. The maximum absolute atomic E-state index is 13.2. The Morgan fingerprint density at radius 3 is 2.56 bits per heavy atom. The summed E-state index contributed by atoms with van der Waals surface area (Å²) in [6.07, 6.45) is 6.49. The molecule has 2 aliphatic rings. The Morgan fingerprint density at radius 2 is 1.91 bits per heavy atom. The smallest absolute Gasteiger partial charge is 0.243 e. The van der Waals surface area contributed by atoms with E-state index in [9.17, 15) is 13.2 Å². The van der Waals surface area contributed by atoms with Gasteiger partial charge in [-0.15, -0.1) is 0 Å². The lowest BCUT2D eigenvalue weighted by atomic mass is 10.1. The standard InChI is InChI=1S/C25H38N4O4S/c1-4-13-28-23-10-9-21(34(31,32)27-14-16-33-17-15-27)18-22(23)26-24(28)11-12-25(30)29(19(2)3)20-7-5-6-8-20/h9-10,18-20H,4-8,11-17H2,1-3H3. The molecule has 1 saturated heterocycles. The van der Waals surface area contributed by atoms with Crippen molar-refractivity contribution in [2.45, 2.75) is 89.2 Å². The van der Waals surface area contributed by atoms with Gasteiger partial charge in [-0.1, -0.05) is 19.8 Å². The van der Waals surface area contributed by atoms with Crippen LogP contribution in [-0.4, -0.2) is 71.5 Å². The zero-order valence-corrected chi connectivity index (χ0v) is 21.5. The highest BCUT2D eigenvalue weighted by molar-refractivity contribution is 7.89. The fourth-order valence-corrected chi connectivity index (χ4v) is 6.79. The minimum atomic E-state index is -3.58. The number of imidazole rings is 1. The zero-order valence-electron chi connectivity index (χ0n) is 20.7. The van der Waals surface area contributed by atoms with Crippen molar-refractivity contribution in [1.82, 2.24) is 18.8 Å². The Kier molecular flexibility index (Phi) is 7.94. The summed E-state index contributed by atoms with van der Waals surface area (Å²) >= 11 is 0. The third-order valence-electron chi connectivity index (χ3n) is 6.98. The third-order valence-corrected chi connectivity index (χ3v) is 8.87. The van der Waals surface area contributed by atoms with Gasteiger partial charge in [0.05, 0.1) is 29.1 Å². The van der Waals surface area contributed by atoms with Gasteiger partial charge in [0.25, 0.3) is 0 Å². The number of rotatable bonds is 9. The molecule has 2 heterocycles. The van der Waals surface area contributed by atoms with Gasteiger partial charge in [-0.05, 0) is 51.3 Å². The van der Waals surface area contributed by atoms with E-state index < -0.39 is 10.0 Å². The highest BCUT2D eigenvalue weighted by Gasteiger charge is 2.29. The Labute approximate surface area is 203 Å². The average molecular weight is 491 g/mol. The highest BCUT2D eigenvalue weighted by atomic mass is 32.2. The first-order valence-electron chi connectivity index (χ1n) is 12.7. The number of amides is 1. The molecular weight excluding hydrogens is 452 g/mol. The normalized spacial score (nSPS) is 18.2. The number of carbonyl (C=O) groups excluding carboxylic acids is 1. The van der Waals surface area contributed by atoms with Crippen molar-refractivity contribution in [2.75, 3.05) is 26.3 Å². The van der Waals surface area contributed by atoms with Crippen LogP contribution in [-0.2, 0) is 32.5 Å². The van der Waals surface area contributed by atoms with Crippen LogP contribution in [0.25, 0.3) is 11.0 Å². The van der Waals surface area contributed by atoms with Gasteiger partial charge in [-0.3, -0.25) is 4.79 Å². The summed E-state index contributed by atoms with van der Waals surface area (Å²) in [6, 6.07) is 5.76. The number of ether oxygens (including phenoxy) is 1. The Morgan fingerprint density at radius 1 is 1.21 bits per heavy atom. The van der Waals surface area contributed by atoms with Crippen molar-refractivity contribution in [3.8, 4) is 0 Å². The molecule has 0 N–H and O–H groups in total. The van der Waals surface area contributed by atoms with Gasteiger partial charge in [-0.2, -0.15) is 4.31 Å². The summed E-state index contributed by atoms with van der Waals surface area (Å²) in [5, 5.41) is 0. The van der Waals surface area contributed by atoms with Crippen LogP contribution in [0.2, 0.25) is 0 Å². The molecule has 1 aliphatic heterocycles. The number of hydrogen-bond acceptors (Lipinski definition) is 5. The molecule has 1 aromatic heterocycles. The minimum absolute atomic E-state index is 0.188. The molecule has 1 amide bonds. The number of nitrogens with zero attached hydrogens (tertiary/aromatic N) is 4. The molecule has 188 valence electrons. The quantitative estimate of drug-likeness (QED) is 0.536. The van der Waals surface area contributed by atoms with Crippen LogP contribution in [0.3, 0.4) is 0 Å². The predicted octanol–water partition coefficient (Wildman–Crippen LogP) is 3.58. The molecule has 0 bridgehead atoms. The van der Waals surface area contributed by atoms with Crippen LogP contribution in [0.15, 0.2) is 23.1 Å². The summed E-state index contributed by atoms with van der Waals surface area (Å²) in [5.41, 5.74) is 1.59. The van der Waals surface area contributed by atoms with Crippen molar-refractivity contribution in [3.63, 3.8) is 0 Å². The van der Waals surface area contributed by atoms with Gasteiger partial charge in [0.1, 0.15) is 5.82 Å². The molecule has 2 fully saturated rings. The average Bonchev–Trinajstić information content (AvgIpc) is 3.46. The van der Waals surface area contributed by atoms with Crippen LogP contribution in [0.5, 0.6) is 0 Å². The monoisotopic (exact) mass is 490 g/mol. The van der Waals surface area contributed by atoms with E-state index in [4.69, 9.17) is 9.72 Å². The van der Waals surface area contributed by atoms with E-state index in [2.05, 4.69) is 30.2 Å². The summed E-state index contributed by atoms with van der Waals surface area (Å²) in [5.74, 6) is 1.04. The molecule has 0 unspecified atom stereocenters. The fraction of sp³-hybridized carbons (Fsp3) is 0.680. The van der Waals surface area contributed by atoms with Gasteiger partial charge in [0.15, 0.2) is 0 Å². The number of aromatic nitrogens is 2. The zero-order chi connectivity index (χ0) is 24.3. The maximum atomic E-state index is 13.2. The van der Waals surface area contributed by atoms with Gasteiger partial charge < -0.3 is 14.2 Å². The summed E-state index contributed by atoms with van der Waals surface area (Å²) < 4.78 is 35.1. The molecule has 1 aromatic carbocycles.